The van der Waals surface area contributed by atoms with Crippen LogP contribution in [-0.2, 0) is 0 Å². The minimum absolute atomic E-state index is 0.0118. The van der Waals surface area contributed by atoms with E-state index in [2.05, 4.69) is 4.90 Å². The fraction of sp³-hybridized carbons (Fsp3) is 0.571. The zero-order valence-corrected chi connectivity index (χ0v) is 11.9. The lowest BCUT2D eigenvalue weighted by Crippen LogP contribution is -2.26. The molecule has 0 aliphatic carbocycles. The molecule has 0 aromatic heterocycles. The van der Waals surface area contributed by atoms with Crippen LogP contribution in [0.3, 0.4) is 0 Å². The van der Waals surface area contributed by atoms with Crippen molar-refractivity contribution in [3.8, 4) is 0 Å². The van der Waals surface area contributed by atoms with Gasteiger partial charge in [0.25, 0.3) is 0 Å². The molecular weight excluding hydrogens is 248 g/mol. The van der Waals surface area contributed by atoms with E-state index in [-0.39, 0.29) is 12.1 Å². The van der Waals surface area contributed by atoms with Gasteiger partial charge in [-0.1, -0.05) is 23.7 Å². The van der Waals surface area contributed by atoms with Crippen LogP contribution in [0.5, 0.6) is 0 Å². The van der Waals surface area contributed by atoms with Gasteiger partial charge in [0.05, 0.1) is 6.10 Å². The quantitative estimate of drug-likeness (QED) is 0.800. The number of rotatable bonds is 7. The Labute approximate surface area is 115 Å². The molecule has 2 unspecified atom stereocenters. The largest absolute Gasteiger partial charge is 0.393 e. The van der Waals surface area contributed by atoms with Crippen molar-refractivity contribution in [3.05, 3.63) is 34.9 Å². The Morgan fingerprint density at radius 2 is 2.00 bits per heavy atom. The Kier molecular flexibility index (Phi) is 6.65. The summed E-state index contributed by atoms with van der Waals surface area (Å²) >= 11 is 5.94. The van der Waals surface area contributed by atoms with Gasteiger partial charge >= 0.3 is 0 Å². The van der Waals surface area contributed by atoms with E-state index in [1.165, 1.54) is 0 Å². The van der Waals surface area contributed by atoms with Crippen molar-refractivity contribution in [1.29, 1.82) is 0 Å². The fourth-order valence-corrected chi connectivity index (χ4v) is 1.98. The van der Waals surface area contributed by atoms with Gasteiger partial charge < -0.3 is 15.7 Å². The van der Waals surface area contributed by atoms with Crippen molar-refractivity contribution in [2.24, 2.45) is 5.73 Å². The van der Waals surface area contributed by atoms with Gasteiger partial charge in [-0.25, -0.2) is 0 Å². The third-order valence-electron chi connectivity index (χ3n) is 3.03. The SMILES string of the molecule is CC(O)CCN(C)CCC(N)c1cccc(Cl)c1. The summed E-state index contributed by atoms with van der Waals surface area (Å²) in [6, 6.07) is 7.72. The summed E-state index contributed by atoms with van der Waals surface area (Å²) in [5.74, 6) is 0. The van der Waals surface area contributed by atoms with Crippen molar-refractivity contribution in [2.45, 2.75) is 31.9 Å². The standard InChI is InChI=1S/C14H23ClN2O/c1-11(18)6-8-17(2)9-7-14(16)12-4-3-5-13(15)10-12/h3-5,10-11,14,18H,6-9,16H2,1-2H3. The van der Waals surface area contributed by atoms with Gasteiger partial charge in [-0.3, -0.25) is 0 Å². The molecule has 0 bridgehead atoms. The summed E-state index contributed by atoms with van der Waals surface area (Å²) in [5, 5.41) is 9.95. The molecule has 0 heterocycles. The van der Waals surface area contributed by atoms with Gasteiger partial charge in [-0.2, -0.15) is 0 Å². The number of aliphatic hydroxyl groups excluding tert-OH is 1. The van der Waals surface area contributed by atoms with Crippen molar-refractivity contribution < 1.29 is 5.11 Å². The van der Waals surface area contributed by atoms with E-state index < -0.39 is 0 Å². The predicted octanol–water partition coefficient (Wildman–Crippen LogP) is 2.43. The van der Waals surface area contributed by atoms with Gasteiger partial charge in [0.1, 0.15) is 0 Å². The molecule has 0 amide bonds. The average Bonchev–Trinajstić information content (AvgIpc) is 2.33. The molecule has 102 valence electrons. The lowest BCUT2D eigenvalue weighted by atomic mass is 10.0. The van der Waals surface area contributed by atoms with Gasteiger partial charge in [0.2, 0.25) is 0 Å². The Bertz CT molecular complexity index is 357. The first-order chi connectivity index (χ1) is 8.49. The highest BCUT2D eigenvalue weighted by Gasteiger charge is 2.08. The van der Waals surface area contributed by atoms with Gasteiger partial charge in [-0.05, 0) is 51.1 Å². The second-order valence-electron chi connectivity index (χ2n) is 4.89. The van der Waals surface area contributed by atoms with E-state index in [0.717, 1.165) is 36.5 Å². The maximum Gasteiger partial charge on any atom is 0.0524 e. The zero-order chi connectivity index (χ0) is 13.5. The van der Waals surface area contributed by atoms with Crippen LogP contribution in [0.2, 0.25) is 5.02 Å². The minimum Gasteiger partial charge on any atom is -0.393 e. The highest BCUT2D eigenvalue weighted by molar-refractivity contribution is 6.30. The van der Waals surface area contributed by atoms with Crippen molar-refractivity contribution >= 4 is 11.6 Å². The van der Waals surface area contributed by atoms with Crippen LogP contribution in [0, 0.1) is 0 Å². The highest BCUT2D eigenvalue weighted by atomic mass is 35.5. The number of benzene rings is 1. The third-order valence-corrected chi connectivity index (χ3v) is 3.26. The van der Waals surface area contributed by atoms with E-state index in [1.807, 2.05) is 38.2 Å². The first-order valence-corrected chi connectivity index (χ1v) is 6.74. The van der Waals surface area contributed by atoms with E-state index >= 15 is 0 Å². The maximum absolute atomic E-state index is 9.22. The van der Waals surface area contributed by atoms with Crippen molar-refractivity contribution in [1.82, 2.24) is 4.90 Å². The summed E-state index contributed by atoms with van der Waals surface area (Å²) in [6.07, 6.45) is 1.44. The second-order valence-corrected chi connectivity index (χ2v) is 5.33. The first kappa shape index (κ1) is 15.4. The zero-order valence-electron chi connectivity index (χ0n) is 11.1. The molecule has 3 N–H and O–H groups in total. The Morgan fingerprint density at radius 3 is 2.61 bits per heavy atom. The van der Waals surface area contributed by atoms with E-state index in [4.69, 9.17) is 17.3 Å². The third kappa shape index (κ3) is 5.83. The van der Waals surface area contributed by atoms with Gasteiger partial charge in [0, 0.05) is 17.6 Å². The summed E-state index contributed by atoms with van der Waals surface area (Å²) in [4.78, 5) is 2.19. The van der Waals surface area contributed by atoms with Crippen LogP contribution < -0.4 is 5.73 Å². The summed E-state index contributed by atoms with van der Waals surface area (Å²) in [6.45, 7) is 3.62. The number of nitrogens with two attached hydrogens (primary N) is 1. The van der Waals surface area contributed by atoms with Crippen LogP contribution in [0.25, 0.3) is 0 Å². The van der Waals surface area contributed by atoms with E-state index in [9.17, 15) is 5.11 Å². The first-order valence-electron chi connectivity index (χ1n) is 6.36. The molecule has 0 aliphatic rings. The molecule has 3 nitrogen and oxygen atoms in total. The van der Waals surface area contributed by atoms with Crippen LogP contribution in [0.15, 0.2) is 24.3 Å². The second kappa shape index (κ2) is 7.74. The number of hydrogen-bond donors (Lipinski definition) is 2. The van der Waals surface area contributed by atoms with Crippen molar-refractivity contribution in [2.75, 3.05) is 20.1 Å². The number of halogens is 1. The molecule has 0 aliphatic heterocycles. The van der Waals surface area contributed by atoms with Crippen molar-refractivity contribution in [3.63, 3.8) is 0 Å². The summed E-state index contributed by atoms with van der Waals surface area (Å²) in [5.41, 5.74) is 7.21. The number of aliphatic hydroxyl groups is 1. The van der Waals surface area contributed by atoms with E-state index in [0.29, 0.717) is 0 Å². The number of hydrogen-bond acceptors (Lipinski definition) is 3. The Balaban J connectivity index is 2.34. The normalized spacial score (nSPS) is 14.8. The molecule has 0 fully saturated rings. The smallest absolute Gasteiger partial charge is 0.0524 e. The molecule has 0 spiro atoms. The lowest BCUT2D eigenvalue weighted by Gasteiger charge is -2.20. The predicted molar refractivity (Wildman–Crippen MR) is 76.8 cm³/mol. The molecule has 18 heavy (non-hydrogen) atoms. The van der Waals surface area contributed by atoms with Crippen LogP contribution in [0.1, 0.15) is 31.4 Å². The maximum atomic E-state index is 9.22. The van der Waals surface area contributed by atoms with Gasteiger partial charge in [0.15, 0.2) is 0 Å². The summed E-state index contributed by atoms with van der Waals surface area (Å²) in [7, 11) is 2.05. The Hall–Kier alpha value is -0.610. The van der Waals surface area contributed by atoms with Gasteiger partial charge in [-0.15, -0.1) is 0 Å². The Morgan fingerprint density at radius 1 is 1.33 bits per heavy atom. The summed E-state index contributed by atoms with van der Waals surface area (Å²) < 4.78 is 0. The monoisotopic (exact) mass is 270 g/mol. The molecular formula is C14H23ClN2O. The van der Waals surface area contributed by atoms with Crippen LogP contribution in [0.4, 0.5) is 0 Å². The molecule has 1 aromatic carbocycles. The number of nitrogens with zero attached hydrogens (tertiary/aromatic N) is 1. The molecule has 0 saturated heterocycles. The van der Waals surface area contributed by atoms with E-state index in [1.54, 1.807) is 0 Å². The molecule has 1 rings (SSSR count). The van der Waals surface area contributed by atoms with Crippen LogP contribution >= 0.6 is 11.6 Å². The topological polar surface area (TPSA) is 49.5 Å². The molecule has 0 saturated carbocycles. The fourth-order valence-electron chi connectivity index (χ4n) is 1.78. The van der Waals surface area contributed by atoms with Crippen LogP contribution in [-0.4, -0.2) is 36.2 Å². The molecule has 1 aromatic rings. The molecule has 2 atom stereocenters. The highest BCUT2D eigenvalue weighted by Crippen LogP contribution is 2.18. The minimum atomic E-state index is -0.242. The molecule has 0 radical (unpaired) electrons. The molecule has 4 heteroatoms. The average molecular weight is 271 g/mol. The lowest BCUT2D eigenvalue weighted by molar-refractivity contribution is 0.163.